The van der Waals surface area contributed by atoms with Crippen LogP contribution in [0.25, 0.3) is 0 Å². The first-order valence-electron chi connectivity index (χ1n) is 12.9. The van der Waals surface area contributed by atoms with E-state index < -0.39 is 0 Å². The molecule has 0 saturated heterocycles. The fraction of sp³-hybridized carbons (Fsp3) is 0.714. The second kappa shape index (κ2) is 19.5. The predicted octanol–water partition coefficient (Wildman–Crippen LogP) is 8.08. The molecule has 0 bridgehead atoms. The molecule has 0 aliphatic carbocycles. The molecule has 0 amide bonds. The summed E-state index contributed by atoms with van der Waals surface area (Å²) < 4.78 is 12.0. The third-order valence-corrected chi connectivity index (χ3v) is 5.79. The highest BCUT2D eigenvalue weighted by atomic mass is 16.5. The van der Waals surface area contributed by atoms with Crippen molar-refractivity contribution in [3.63, 3.8) is 0 Å². The lowest BCUT2D eigenvalue weighted by molar-refractivity contribution is 0.311. The molecule has 0 saturated carbocycles. The van der Waals surface area contributed by atoms with E-state index in [1.54, 1.807) is 0 Å². The maximum atomic E-state index is 8.91. The van der Waals surface area contributed by atoms with Crippen LogP contribution in [0.2, 0.25) is 0 Å². The third-order valence-electron chi connectivity index (χ3n) is 5.79. The van der Waals surface area contributed by atoms with Crippen molar-refractivity contribution >= 4 is 0 Å². The van der Waals surface area contributed by atoms with Gasteiger partial charge in [-0.15, -0.1) is 0 Å². The van der Waals surface area contributed by atoms with Crippen molar-refractivity contribution in [1.29, 1.82) is 10.5 Å². The first kappa shape index (κ1) is 27.8. The van der Waals surface area contributed by atoms with E-state index in [-0.39, 0.29) is 0 Å². The van der Waals surface area contributed by atoms with Crippen molar-refractivity contribution < 1.29 is 9.47 Å². The molecule has 0 spiro atoms. The SMILES string of the molecule is CCCCCCCCc1cc(OCCC#N)c(CCCCCCCC)cc1OCCC#N. The molecule has 0 aromatic heterocycles. The second-order valence-electron chi connectivity index (χ2n) is 8.62. The Bertz CT molecular complexity index is 628. The van der Waals surface area contributed by atoms with E-state index in [2.05, 4.69) is 38.1 Å². The summed E-state index contributed by atoms with van der Waals surface area (Å²) >= 11 is 0. The molecule has 1 rings (SSSR count). The summed E-state index contributed by atoms with van der Waals surface area (Å²) in [5.41, 5.74) is 2.33. The van der Waals surface area contributed by atoms with Crippen molar-refractivity contribution in [2.24, 2.45) is 0 Å². The lowest BCUT2D eigenvalue weighted by atomic mass is 9.98. The molecular formula is C28H44N2O2. The number of unbranched alkanes of at least 4 members (excludes halogenated alkanes) is 10. The van der Waals surface area contributed by atoms with Crippen LogP contribution in [-0.2, 0) is 12.8 Å². The van der Waals surface area contributed by atoms with E-state index in [1.807, 2.05) is 0 Å². The predicted molar refractivity (Wildman–Crippen MR) is 132 cm³/mol. The number of aryl methyl sites for hydroxylation is 2. The van der Waals surface area contributed by atoms with Gasteiger partial charge in [0.2, 0.25) is 0 Å². The quantitative estimate of drug-likeness (QED) is 0.192. The molecule has 1 aromatic rings. The van der Waals surface area contributed by atoms with Gasteiger partial charge in [0.05, 0.1) is 25.0 Å². The maximum Gasteiger partial charge on any atom is 0.123 e. The summed E-state index contributed by atoms with van der Waals surface area (Å²) in [6.45, 7) is 5.33. The Morgan fingerprint density at radius 2 is 0.969 bits per heavy atom. The number of benzene rings is 1. The smallest absolute Gasteiger partial charge is 0.123 e. The zero-order valence-corrected chi connectivity index (χ0v) is 20.6. The van der Waals surface area contributed by atoms with Gasteiger partial charge in [-0.25, -0.2) is 0 Å². The number of hydrogen-bond acceptors (Lipinski definition) is 4. The summed E-state index contributed by atoms with van der Waals surface area (Å²) in [7, 11) is 0. The highest BCUT2D eigenvalue weighted by molar-refractivity contribution is 5.47. The number of nitriles is 2. The zero-order chi connectivity index (χ0) is 23.3. The summed E-state index contributed by atoms with van der Waals surface area (Å²) in [4.78, 5) is 0. The van der Waals surface area contributed by atoms with Crippen LogP contribution < -0.4 is 9.47 Å². The van der Waals surface area contributed by atoms with Crippen LogP contribution >= 0.6 is 0 Å². The van der Waals surface area contributed by atoms with E-state index in [0.29, 0.717) is 26.1 Å². The number of rotatable bonds is 20. The molecule has 4 heteroatoms. The third kappa shape index (κ3) is 12.6. The minimum Gasteiger partial charge on any atom is -0.492 e. The maximum absolute atomic E-state index is 8.91. The second-order valence-corrected chi connectivity index (χ2v) is 8.62. The van der Waals surface area contributed by atoms with Crippen molar-refractivity contribution in [3.8, 4) is 23.6 Å². The largest absolute Gasteiger partial charge is 0.492 e. The molecule has 4 nitrogen and oxygen atoms in total. The van der Waals surface area contributed by atoms with Gasteiger partial charge in [0.15, 0.2) is 0 Å². The molecule has 0 heterocycles. The lowest BCUT2D eigenvalue weighted by Crippen LogP contribution is -2.05. The lowest BCUT2D eigenvalue weighted by Gasteiger charge is -2.17. The van der Waals surface area contributed by atoms with Gasteiger partial charge in [0.1, 0.15) is 24.7 Å². The number of nitrogens with zero attached hydrogens (tertiary/aromatic N) is 2. The first-order valence-corrected chi connectivity index (χ1v) is 12.9. The molecule has 0 radical (unpaired) electrons. The van der Waals surface area contributed by atoms with Gasteiger partial charge >= 0.3 is 0 Å². The van der Waals surface area contributed by atoms with Crippen LogP contribution in [0.4, 0.5) is 0 Å². The van der Waals surface area contributed by atoms with Gasteiger partial charge in [0, 0.05) is 0 Å². The van der Waals surface area contributed by atoms with Gasteiger partial charge in [-0.3, -0.25) is 0 Å². The number of ether oxygens (including phenoxy) is 2. The van der Waals surface area contributed by atoms with Crippen LogP contribution in [0.1, 0.15) is 115 Å². The van der Waals surface area contributed by atoms with E-state index in [1.165, 1.54) is 64.2 Å². The minimum absolute atomic E-state index is 0.393. The molecule has 0 aliphatic rings. The fourth-order valence-electron chi connectivity index (χ4n) is 3.91. The van der Waals surface area contributed by atoms with Gasteiger partial charge in [-0.05, 0) is 48.9 Å². The average Bonchev–Trinajstić information content (AvgIpc) is 2.80. The van der Waals surface area contributed by atoms with Gasteiger partial charge in [-0.2, -0.15) is 10.5 Å². The van der Waals surface area contributed by atoms with Crippen molar-refractivity contribution in [3.05, 3.63) is 23.3 Å². The van der Waals surface area contributed by atoms with Gasteiger partial charge in [0.25, 0.3) is 0 Å². The van der Waals surface area contributed by atoms with Crippen LogP contribution in [-0.4, -0.2) is 13.2 Å². The summed E-state index contributed by atoms with van der Waals surface area (Å²) in [6, 6.07) is 8.61. The van der Waals surface area contributed by atoms with Crippen LogP contribution in [0.15, 0.2) is 12.1 Å². The Kier molecular flexibility index (Phi) is 16.9. The minimum atomic E-state index is 0.393. The van der Waals surface area contributed by atoms with E-state index in [4.69, 9.17) is 20.0 Å². The standard InChI is InChI=1S/C28H44N2O2/c1-3-5-7-9-11-13-17-25-23-28(32-22-16-20-30)26(18-14-12-10-8-6-4-2)24-27(25)31-21-15-19-29/h23-24H,3-18,21-22H2,1-2H3. The Morgan fingerprint density at radius 1 is 0.594 bits per heavy atom. The average molecular weight is 441 g/mol. The molecule has 32 heavy (non-hydrogen) atoms. The molecular weight excluding hydrogens is 396 g/mol. The zero-order valence-electron chi connectivity index (χ0n) is 20.6. The van der Waals surface area contributed by atoms with Crippen LogP contribution in [0.5, 0.6) is 11.5 Å². The Labute approximate surface area is 196 Å². The molecule has 178 valence electrons. The summed E-state index contributed by atoms with van der Waals surface area (Å²) in [5.74, 6) is 1.81. The molecule has 0 aliphatic heterocycles. The van der Waals surface area contributed by atoms with E-state index in [0.717, 1.165) is 48.3 Å². The highest BCUT2D eigenvalue weighted by Crippen LogP contribution is 2.32. The summed E-state index contributed by atoms with van der Waals surface area (Å²) in [5, 5.41) is 17.8. The summed E-state index contributed by atoms with van der Waals surface area (Å²) in [6.07, 6.45) is 17.7. The number of hydrogen-bond donors (Lipinski definition) is 0. The van der Waals surface area contributed by atoms with Crippen LogP contribution in [0.3, 0.4) is 0 Å². The topological polar surface area (TPSA) is 66.0 Å². The Morgan fingerprint density at radius 3 is 1.34 bits per heavy atom. The first-order chi connectivity index (χ1) is 15.8. The molecule has 1 aromatic carbocycles. The van der Waals surface area contributed by atoms with Crippen LogP contribution in [0, 0.1) is 22.7 Å². The monoisotopic (exact) mass is 440 g/mol. The molecule has 0 unspecified atom stereocenters. The Hall–Kier alpha value is -2.20. The van der Waals surface area contributed by atoms with Gasteiger partial charge in [-0.1, -0.05) is 78.1 Å². The van der Waals surface area contributed by atoms with E-state index in [9.17, 15) is 0 Å². The van der Waals surface area contributed by atoms with Crippen molar-refractivity contribution in [2.45, 2.75) is 117 Å². The van der Waals surface area contributed by atoms with E-state index >= 15 is 0 Å². The Balaban J connectivity index is 2.86. The highest BCUT2D eigenvalue weighted by Gasteiger charge is 2.13. The molecule has 0 N–H and O–H groups in total. The van der Waals surface area contributed by atoms with Crippen molar-refractivity contribution in [2.75, 3.05) is 13.2 Å². The molecule has 0 atom stereocenters. The fourth-order valence-corrected chi connectivity index (χ4v) is 3.91. The normalized spacial score (nSPS) is 10.5. The van der Waals surface area contributed by atoms with Gasteiger partial charge < -0.3 is 9.47 Å². The molecule has 0 fully saturated rings. The van der Waals surface area contributed by atoms with Crippen molar-refractivity contribution in [1.82, 2.24) is 0 Å².